The zero-order valence-electron chi connectivity index (χ0n) is 11.5. The Kier molecular flexibility index (Phi) is 4.56. The fraction of sp³-hybridized carbons (Fsp3) is 0.118. The van der Waals surface area contributed by atoms with Crippen LogP contribution in [-0.2, 0) is 4.79 Å². The van der Waals surface area contributed by atoms with Gasteiger partial charge in [-0.1, -0.05) is 36.4 Å². The minimum Gasteiger partial charge on any atom is -0.496 e. The number of benzene rings is 2. The van der Waals surface area contributed by atoms with E-state index >= 15 is 0 Å². The summed E-state index contributed by atoms with van der Waals surface area (Å²) in [5, 5.41) is 0. The Morgan fingerprint density at radius 2 is 1.65 bits per heavy atom. The molecule has 0 saturated heterocycles. The molecule has 0 amide bonds. The lowest BCUT2D eigenvalue weighted by Gasteiger charge is -2.14. The average molecular weight is 268 g/mol. The summed E-state index contributed by atoms with van der Waals surface area (Å²) in [7, 11) is 3.26. The molecule has 0 aliphatic carbocycles. The molecular formula is C17H16O3. The Labute approximate surface area is 118 Å². The summed E-state index contributed by atoms with van der Waals surface area (Å²) in [6, 6.07) is 13.5. The van der Waals surface area contributed by atoms with Crippen molar-refractivity contribution < 1.29 is 14.3 Å². The molecule has 102 valence electrons. The van der Waals surface area contributed by atoms with Crippen LogP contribution in [0.15, 0.2) is 48.5 Å². The van der Waals surface area contributed by atoms with E-state index in [4.69, 9.17) is 9.47 Å². The molecule has 0 unspecified atom stereocenters. The summed E-state index contributed by atoms with van der Waals surface area (Å²) in [4.78, 5) is 10.5. The molecule has 2 aromatic carbocycles. The second-order valence-corrected chi connectivity index (χ2v) is 4.12. The molecule has 0 fully saturated rings. The Hall–Kier alpha value is -2.55. The maximum Gasteiger partial charge on any atom is 0.142 e. The van der Waals surface area contributed by atoms with Crippen LogP contribution >= 0.6 is 0 Å². The Morgan fingerprint density at radius 1 is 0.900 bits per heavy atom. The second-order valence-electron chi connectivity index (χ2n) is 4.12. The van der Waals surface area contributed by atoms with Crippen molar-refractivity contribution in [3.05, 3.63) is 54.1 Å². The van der Waals surface area contributed by atoms with E-state index in [1.54, 1.807) is 20.3 Å². The molecule has 0 aliphatic heterocycles. The summed E-state index contributed by atoms with van der Waals surface area (Å²) >= 11 is 0. The number of carbonyl (C=O) groups excluding carboxylic acids is 1. The first-order valence-electron chi connectivity index (χ1n) is 6.24. The van der Waals surface area contributed by atoms with E-state index in [-0.39, 0.29) is 0 Å². The number of rotatable bonds is 5. The molecule has 2 rings (SSSR count). The van der Waals surface area contributed by atoms with E-state index in [2.05, 4.69) is 0 Å². The quantitative estimate of drug-likeness (QED) is 0.614. The minimum absolute atomic E-state index is 0.718. The van der Waals surface area contributed by atoms with Crippen molar-refractivity contribution in [1.82, 2.24) is 0 Å². The molecule has 20 heavy (non-hydrogen) atoms. The van der Waals surface area contributed by atoms with Gasteiger partial charge in [-0.3, -0.25) is 4.79 Å². The molecule has 0 saturated carbocycles. The molecule has 0 aromatic heterocycles. The SMILES string of the molecule is COc1ccccc1-c1cccc(C=CC=O)c1OC. The predicted molar refractivity (Wildman–Crippen MR) is 80.1 cm³/mol. The van der Waals surface area contributed by atoms with Gasteiger partial charge in [0, 0.05) is 16.7 Å². The van der Waals surface area contributed by atoms with Crippen LogP contribution in [0.5, 0.6) is 11.5 Å². The number of para-hydroxylation sites is 2. The molecular weight excluding hydrogens is 252 g/mol. The molecule has 3 heteroatoms. The molecule has 0 N–H and O–H groups in total. The monoisotopic (exact) mass is 268 g/mol. The minimum atomic E-state index is 0.718. The summed E-state index contributed by atoms with van der Waals surface area (Å²) < 4.78 is 10.9. The predicted octanol–water partition coefficient (Wildman–Crippen LogP) is 3.58. The van der Waals surface area contributed by atoms with E-state index in [9.17, 15) is 4.79 Å². The highest BCUT2D eigenvalue weighted by Crippen LogP contribution is 2.38. The van der Waals surface area contributed by atoms with Gasteiger partial charge in [-0.2, -0.15) is 0 Å². The number of aldehydes is 1. The van der Waals surface area contributed by atoms with E-state index in [1.165, 1.54) is 6.08 Å². The van der Waals surface area contributed by atoms with Crippen LogP contribution < -0.4 is 9.47 Å². The maximum absolute atomic E-state index is 10.5. The van der Waals surface area contributed by atoms with Crippen molar-refractivity contribution >= 4 is 12.4 Å². The van der Waals surface area contributed by atoms with Crippen LogP contribution in [0.25, 0.3) is 17.2 Å². The van der Waals surface area contributed by atoms with Crippen molar-refractivity contribution in [1.29, 1.82) is 0 Å². The number of ether oxygens (including phenoxy) is 2. The van der Waals surface area contributed by atoms with Gasteiger partial charge in [-0.15, -0.1) is 0 Å². The van der Waals surface area contributed by atoms with Crippen molar-refractivity contribution in [3.8, 4) is 22.6 Å². The van der Waals surface area contributed by atoms with Gasteiger partial charge in [-0.05, 0) is 18.2 Å². The highest BCUT2D eigenvalue weighted by atomic mass is 16.5. The number of carbonyl (C=O) groups is 1. The van der Waals surface area contributed by atoms with Crippen molar-refractivity contribution in [2.45, 2.75) is 0 Å². The first-order valence-corrected chi connectivity index (χ1v) is 6.24. The van der Waals surface area contributed by atoms with Crippen LogP contribution in [0.1, 0.15) is 5.56 Å². The van der Waals surface area contributed by atoms with Crippen LogP contribution in [0.4, 0.5) is 0 Å². The molecule has 0 atom stereocenters. The van der Waals surface area contributed by atoms with Gasteiger partial charge in [0.1, 0.15) is 17.8 Å². The second kappa shape index (κ2) is 6.57. The van der Waals surface area contributed by atoms with Crippen molar-refractivity contribution in [3.63, 3.8) is 0 Å². The lowest BCUT2D eigenvalue weighted by Crippen LogP contribution is -1.93. The summed E-state index contributed by atoms with van der Waals surface area (Å²) in [6.45, 7) is 0. The number of hydrogen-bond acceptors (Lipinski definition) is 3. The van der Waals surface area contributed by atoms with Gasteiger partial charge in [0.05, 0.1) is 14.2 Å². The topological polar surface area (TPSA) is 35.5 Å². The van der Waals surface area contributed by atoms with E-state index in [0.29, 0.717) is 0 Å². The average Bonchev–Trinajstić information content (AvgIpc) is 2.52. The lowest BCUT2D eigenvalue weighted by atomic mass is 10.00. The summed E-state index contributed by atoms with van der Waals surface area (Å²) in [5.74, 6) is 1.50. The third-order valence-corrected chi connectivity index (χ3v) is 3.00. The molecule has 0 heterocycles. The van der Waals surface area contributed by atoms with Gasteiger partial charge in [0.25, 0.3) is 0 Å². The van der Waals surface area contributed by atoms with Crippen molar-refractivity contribution in [2.75, 3.05) is 14.2 Å². The molecule has 3 nitrogen and oxygen atoms in total. The fourth-order valence-corrected chi connectivity index (χ4v) is 2.14. The molecule has 2 aromatic rings. The highest BCUT2D eigenvalue weighted by molar-refractivity contribution is 5.82. The molecule has 0 aliphatic rings. The van der Waals surface area contributed by atoms with E-state index < -0.39 is 0 Å². The summed E-state index contributed by atoms with van der Waals surface area (Å²) in [6.07, 6.45) is 3.92. The number of hydrogen-bond donors (Lipinski definition) is 0. The van der Waals surface area contributed by atoms with Crippen LogP contribution in [0.3, 0.4) is 0 Å². The number of allylic oxidation sites excluding steroid dienone is 1. The third kappa shape index (κ3) is 2.72. The van der Waals surface area contributed by atoms with Crippen LogP contribution in [0.2, 0.25) is 0 Å². The van der Waals surface area contributed by atoms with Gasteiger partial charge in [0.2, 0.25) is 0 Å². The first-order chi connectivity index (χ1) is 9.81. The van der Waals surface area contributed by atoms with Crippen LogP contribution in [-0.4, -0.2) is 20.5 Å². The highest BCUT2D eigenvalue weighted by Gasteiger charge is 2.12. The van der Waals surface area contributed by atoms with E-state index in [0.717, 1.165) is 34.5 Å². The Morgan fingerprint density at radius 3 is 2.35 bits per heavy atom. The summed E-state index contributed by atoms with van der Waals surface area (Å²) in [5.41, 5.74) is 2.73. The van der Waals surface area contributed by atoms with E-state index in [1.807, 2.05) is 42.5 Å². The number of methoxy groups -OCH3 is 2. The first kappa shape index (κ1) is 13.9. The molecule has 0 spiro atoms. The smallest absolute Gasteiger partial charge is 0.142 e. The molecule has 0 radical (unpaired) electrons. The van der Waals surface area contributed by atoms with Crippen LogP contribution in [0, 0.1) is 0 Å². The Balaban J connectivity index is 2.62. The third-order valence-electron chi connectivity index (χ3n) is 3.00. The lowest BCUT2D eigenvalue weighted by molar-refractivity contribution is -0.104. The van der Waals surface area contributed by atoms with Crippen molar-refractivity contribution in [2.24, 2.45) is 0 Å². The van der Waals surface area contributed by atoms with Gasteiger partial charge in [0.15, 0.2) is 0 Å². The standard InChI is InChI=1S/C17H16O3/c1-19-16-11-4-3-9-14(16)15-10-5-7-13(8-6-12-18)17(15)20-2/h3-12H,1-2H3. The normalized spacial score (nSPS) is 10.5. The largest absolute Gasteiger partial charge is 0.496 e. The fourth-order valence-electron chi connectivity index (χ4n) is 2.14. The van der Waals surface area contributed by atoms with Gasteiger partial charge in [-0.25, -0.2) is 0 Å². The Bertz CT molecular complexity index is 630. The maximum atomic E-state index is 10.5. The zero-order chi connectivity index (χ0) is 14.4. The van der Waals surface area contributed by atoms with Gasteiger partial charge >= 0.3 is 0 Å². The van der Waals surface area contributed by atoms with Gasteiger partial charge < -0.3 is 9.47 Å². The zero-order valence-corrected chi connectivity index (χ0v) is 11.5. The molecule has 0 bridgehead atoms.